The minimum absolute atomic E-state index is 0.00778. The highest BCUT2D eigenvalue weighted by Gasteiger charge is 2.31. The molecule has 2 amide bonds. The van der Waals surface area contributed by atoms with Gasteiger partial charge in [0.2, 0.25) is 11.8 Å². The molecule has 3 aromatic carbocycles. The number of carbonyl (C=O) groups is 2. The first-order valence-corrected chi connectivity index (χ1v) is 13.1. The van der Waals surface area contributed by atoms with Gasteiger partial charge in [0.1, 0.15) is 6.04 Å². The third-order valence-corrected chi connectivity index (χ3v) is 7.14. The van der Waals surface area contributed by atoms with Crippen LogP contribution >= 0.6 is 23.2 Å². The van der Waals surface area contributed by atoms with Crippen molar-refractivity contribution in [1.82, 2.24) is 10.2 Å². The first-order chi connectivity index (χ1) is 17.2. The van der Waals surface area contributed by atoms with Crippen LogP contribution < -0.4 is 5.32 Å². The van der Waals surface area contributed by atoms with Gasteiger partial charge in [0.05, 0.1) is 6.42 Å². The summed E-state index contributed by atoms with van der Waals surface area (Å²) in [5.41, 5.74) is 4.93. The predicted octanol–water partition coefficient (Wildman–Crippen LogP) is 6.71. The zero-order chi connectivity index (χ0) is 26.2. The average Bonchev–Trinajstić information content (AvgIpc) is 2.85. The van der Waals surface area contributed by atoms with E-state index in [1.807, 2.05) is 82.3 Å². The SMILES string of the molecule is CCC(C)NC(=O)C(Cc1ccccc1)N(Cc1ccc(Cl)cc1Cl)C(=O)Cc1ccc(C)c(C)c1. The molecule has 0 aliphatic rings. The molecule has 3 aromatic rings. The lowest BCUT2D eigenvalue weighted by Crippen LogP contribution is -2.52. The summed E-state index contributed by atoms with van der Waals surface area (Å²) in [5, 5.41) is 4.07. The van der Waals surface area contributed by atoms with E-state index in [-0.39, 0.29) is 30.8 Å². The number of hydrogen-bond acceptors (Lipinski definition) is 2. The Kier molecular flexibility index (Phi) is 9.98. The molecule has 2 atom stereocenters. The number of hydrogen-bond donors (Lipinski definition) is 1. The lowest BCUT2D eigenvalue weighted by atomic mass is 10.00. The highest BCUT2D eigenvalue weighted by Crippen LogP contribution is 2.25. The van der Waals surface area contributed by atoms with Gasteiger partial charge in [-0.1, -0.05) is 84.7 Å². The van der Waals surface area contributed by atoms with Crippen LogP contribution in [0.5, 0.6) is 0 Å². The van der Waals surface area contributed by atoms with E-state index in [2.05, 4.69) is 5.32 Å². The molecule has 0 spiro atoms. The van der Waals surface area contributed by atoms with Crippen molar-refractivity contribution in [3.05, 3.63) is 105 Å². The van der Waals surface area contributed by atoms with E-state index in [1.165, 1.54) is 5.56 Å². The fraction of sp³-hybridized carbons (Fsp3) is 0.333. The molecule has 4 nitrogen and oxygen atoms in total. The van der Waals surface area contributed by atoms with Crippen molar-refractivity contribution in [3.63, 3.8) is 0 Å². The highest BCUT2D eigenvalue weighted by molar-refractivity contribution is 6.35. The van der Waals surface area contributed by atoms with Crippen LogP contribution in [0.25, 0.3) is 0 Å². The minimum atomic E-state index is -0.702. The third-order valence-electron chi connectivity index (χ3n) is 6.55. The minimum Gasteiger partial charge on any atom is -0.352 e. The van der Waals surface area contributed by atoms with Gasteiger partial charge in [-0.2, -0.15) is 0 Å². The van der Waals surface area contributed by atoms with Crippen LogP contribution in [-0.2, 0) is 29.0 Å². The summed E-state index contributed by atoms with van der Waals surface area (Å²) >= 11 is 12.6. The Hall–Kier alpha value is -2.82. The van der Waals surface area contributed by atoms with E-state index in [1.54, 1.807) is 17.0 Å². The fourth-order valence-electron chi connectivity index (χ4n) is 4.02. The fourth-order valence-corrected chi connectivity index (χ4v) is 4.49. The Morgan fingerprint density at radius 1 is 0.917 bits per heavy atom. The summed E-state index contributed by atoms with van der Waals surface area (Å²) in [5.74, 6) is -0.309. The molecule has 0 fully saturated rings. The third kappa shape index (κ3) is 7.59. The summed E-state index contributed by atoms with van der Waals surface area (Å²) in [6, 6.07) is 20.3. The molecule has 0 aromatic heterocycles. The molecule has 1 N–H and O–H groups in total. The summed E-state index contributed by atoms with van der Waals surface area (Å²) in [6.45, 7) is 8.27. The maximum absolute atomic E-state index is 13.9. The normalized spacial score (nSPS) is 12.6. The van der Waals surface area contributed by atoms with Crippen LogP contribution in [0.2, 0.25) is 10.0 Å². The Balaban J connectivity index is 2.01. The topological polar surface area (TPSA) is 49.4 Å². The van der Waals surface area contributed by atoms with Crippen molar-refractivity contribution in [3.8, 4) is 0 Å². The van der Waals surface area contributed by atoms with Gasteiger partial charge in [-0.05, 0) is 67.1 Å². The number of aryl methyl sites for hydroxylation is 2. The van der Waals surface area contributed by atoms with Gasteiger partial charge in [0.25, 0.3) is 0 Å². The molecule has 0 aliphatic carbocycles. The number of carbonyl (C=O) groups excluding carboxylic acids is 2. The summed E-state index contributed by atoms with van der Waals surface area (Å²) in [4.78, 5) is 29.1. The van der Waals surface area contributed by atoms with E-state index >= 15 is 0 Å². The number of amides is 2. The van der Waals surface area contributed by atoms with Crippen molar-refractivity contribution in [2.75, 3.05) is 0 Å². The van der Waals surface area contributed by atoms with Gasteiger partial charge >= 0.3 is 0 Å². The van der Waals surface area contributed by atoms with Crippen LogP contribution in [0.1, 0.15) is 48.1 Å². The Morgan fingerprint density at radius 3 is 2.28 bits per heavy atom. The lowest BCUT2D eigenvalue weighted by Gasteiger charge is -2.32. The molecule has 0 saturated carbocycles. The van der Waals surface area contributed by atoms with E-state index in [0.717, 1.165) is 28.7 Å². The smallest absolute Gasteiger partial charge is 0.243 e. The monoisotopic (exact) mass is 524 g/mol. The molecule has 6 heteroatoms. The van der Waals surface area contributed by atoms with Crippen molar-refractivity contribution < 1.29 is 9.59 Å². The number of halogens is 2. The molecular weight excluding hydrogens is 491 g/mol. The van der Waals surface area contributed by atoms with Crippen molar-refractivity contribution in [2.45, 2.75) is 65.6 Å². The zero-order valence-corrected chi connectivity index (χ0v) is 22.9. The Bertz CT molecular complexity index is 1200. The quantitative estimate of drug-likeness (QED) is 0.320. The van der Waals surface area contributed by atoms with Crippen LogP contribution in [0.15, 0.2) is 66.7 Å². The van der Waals surface area contributed by atoms with Crippen molar-refractivity contribution in [1.29, 1.82) is 0 Å². The standard InChI is InChI=1S/C30H34Cl2N2O2/c1-5-22(4)33-30(36)28(16-23-9-7-6-8-10-23)34(19-25-13-14-26(31)18-27(25)32)29(35)17-24-12-11-20(2)21(3)15-24/h6-15,18,22,28H,5,16-17,19H2,1-4H3,(H,33,36). The van der Waals surface area contributed by atoms with E-state index in [9.17, 15) is 9.59 Å². The van der Waals surface area contributed by atoms with E-state index in [4.69, 9.17) is 23.2 Å². The van der Waals surface area contributed by atoms with Crippen LogP contribution in [0.3, 0.4) is 0 Å². The van der Waals surface area contributed by atoms with Gasteiger partial charge < -0.3 is 10.2 Å². The second kappa shape index (κ2) is 12.9. The largest absolute Gasteiger partial charge is 0.352 e. The van der Waals surface area contributed by atoms with Crippen molar-refractivity contribution >= 4 is 35.0 Å². The van der Waals surface area contributed by atoms with Crippen LogP contribution in [0.4, 0.5) is 0 Å². The molecule has 0 saturated heterocycles. The van der Waals surface area contributed by atoms with Crippen LogP contribution in [-0.4, -0.2) is 28.8 Å². The van der Waals surface area contributed by atoms with Crippen LogP contribution in [0, 0.1) is 13.8 Å². The number of rotatable bonds is 10. The molecule has 3 rings (SSSR count). The molecule has 36 heavy (non-hydrogen) atoms. The maximum Gasteiger partial charge on any atom is 0.243 e. The second-order valence-corrected chi connectivity index (χ2v) is 10.2. The zero-order valence-electron chi connectivity index (χ0n) is 21.4. The number of benzene rings is 3. The van der Waals surface area contributed by atoms with Crippen molar-refractivity contribution in [2.24, 2.45) is 0 Å². The van der Waals surface area contributed by atoms with E-state index < -0.39 is 6.04 Å². The predicted molar refractivity (Wildman–Crippen MR) is 148 cm³/mol. The van der Waals surface area contributed by atoms with Gasteiger partial charge in [0, 0.05) is 29.1 Å². The lowest BCUT2D eigenvalue weighted by molar-refractivity contribution is -0.141. The summed E-state index contributed by atoms with van der Waals surface area (Å²) in [7, 11) is 0. The van der Waals surface area contributed by atoms with Gasteiger partial charge in [-0.3, -0.25) is 9.59 Å². The molecule has 0 radical (unpaired) electrons. The van der Waals surface area contributed by atoms with Gasteiger partial charge in [-0.25, -0.2) is 0 Å². The molecular formula is C30H34Cl2N2O2. The maximum atomic E-state index is 13.9. The second-order valence-electron chi connectivity index (χ2n) is 9.38. The molecule has 0 heterocycles. The molecule has 190 valence electrons. The van der Waals surface area contributed by atoms with E-state index in [0.29, 0.717) is 16.5 Å². The Labute approximate surface area is 224 Å². The van der Waals surface area contributed by atoms with Gasteiger partial charge in [0.15, 0.2) is 0 Å². The van der Waals surface area contributed by atoms with Gasteiger partial charge in [-0.15, -0.1) is 0 Å². The summed E-state index contributed by atoms with van der Waals surface area (Å²) < 4.78 is 0. The average molecular weight is 526 g/mol. The number of nitrogens with one attached hydrogen (secondary N) is 1. The summed E-state index contributed by atoms with van der Waals surface area (Å²) in [6.07, 6.45) is 1.38. The molecule has 0 aliphatic heterocycles. The highest BCUT2D eigenvalue weighted by atomic mass is 35.5. The first-order valence-electron chi connectivity index (χ1n) is 12.3. The molecule has 0 bridgehead atoms. The number of nitrogens with zero attached hydrogens (tertiary/aromatic N) is 1. The first kappa shape index (κ1) is 27.8. The molecule has 2 unspecified atom stereocenters. The Morgan fingerprint density at radius 2 is 1.64 bits per heavy atom.